The topological polar surface area (TPSA) is 12.0 Å². The van der Waals surface area contributed by atoms with Crippen LogP contribution in [0.3, 0.4) is 0 Å². The number of rotatable bonds is 8. The van der Waals surface area contributed by atoms with E-state index in [1.807, 2.05) is 11.8 Å². The fourth-order valence-corrected chi connectivity index (χ4v) is 2.62. The molecule has 1 aromatic carbocycles. The molecule has 1 unspecified atom stereocenters. The monoisotopic (exact) mass is 315 g/mol. The van der Waals surface area contributed by atoms with Gasteiger partial charge in [0, 0.05) is 11.0 Å². The molecule has 0 aliphatic carbocycles. The van der Waals surface area contributed by atoms with Crippen LogP contribution in [0, 0.1) is 0 Å². The van der Waals surface area contributed by atoms with Gasteiger partial charge in [0.05, 0.1) is 0 Å². The first kappa shape index (κ1) is 15.1. The summed E-state index contributed by atoms with van der Waals surface area (Å²) in [6.07, 6.45) is 4.63. The molecule has 17 heavy (non-hydrogen) atoms. The standard InChI is InChI=1S/C14H22BrNS/c1-3-9-16-11-13(8-10-17-2)12-4-6-14(15)7-5-12/h4-7,13,16H,3,8-11H2,1-2H3. The first-order chi connectivity index (χ1) is 8.27. The molecule has 1 N–H and O–H groups in total. The van der Waals surface area contributed by atoms with Crippen molar-refractivity contribution in [2.45, 2.75) is 25.7 Å². The number of hydrogen-bond acceptors (Lipinski definition) is 2. The van der Waals surface area contributed by atoms with Crippen LogP contribution in [0.1, 0.15) is 31.2 Å². The highest BCUT2D eigenvalue weighted by Gasteiger charge is 2.10. The van der Waals surface area contributed by atoms with Gasteiger partial charge in [-0.3, -0.25) is 0 Å². The normalized spacial score (nSPS) is 12.6. The number of benzene rings is 1. The SMILES string of the molecule is CCCNCC(CCSC)c1ccc(Br)cc1. The Morgan fingerprint density at radius 3 is 2.59 bits per heavy atom. The second kappa shape index (κ2) is 9.01. The largest absolute Gasteiger partial charge is 0.316 e. The summed E-state index contributed by atoms with van der Waals surface area (Å²) >= 11 is 5.42. The molecule has 0 amide bonds. The van der Waals surface area contributed by atoms with Crippen LogP contribution in [-0.2, 0) is 0 Å². The molecular formula is C14H22BrNS. The van der Waals surface area contributed by atoms with Gasteiger partial charge in [-0.1, -0.05) is 35.0 Å². The van der Waals surface area contributed by atoms with E-state index in [0.717, 1.165) is 17.6 Å². The van der Waals surface area contributed by atoms with E-state index < -0.39 is 0 Å². The Morgan fingerprint density at radius 1 is 1.29 bits per heavy atom. The third kappa shape index (κ3) is 5.94. The molecule has 0 spiro atoms. The minimum atomic E-state index is 0.641. The smallest absolute Gasteiger partial charge is 0.0175 e. The third-order valence-electron chi connectivity index (χ3n) is 2.83. The van der Waals surface area contributed by atoms with Crippen LogP contribution in [0.15, 0.2) is 28.7 Å². The minimum Gasteiger partial charge on any atom is -0.316 e. The lowest BCUT2D eigenvalue weighted by atomic mass is 9.96. The average Bonchev–Trinajstić information content (AvgIpc) is 2.35. The predicted octanol–water partition coefficient (Wildman–Crippen LogP) is 4.29. The summed E-state index contributed by atoms with van der Waals surface area (Å²) in [4.78, 5) is 0. The summed E-state index contributed by atoms with van der Waals surface area (Å²) in [5.74, 6) is 1.87. The lowest BCUT2D eigenvalue weighted by Crippen LogP contribution is -2.22. The van der Waals surface area contributed by atoms with E-state index in [4.69, 9.17) is 0 Å². The zero-order chi connectivity index (χ0) is 12.5. The molecule has 3 heteroatoms. The van der Waals surface area contributed by atoms with Crippen molar-refractivity contribution in [2.75, 3.05) is 25.1 Å². The molecule has 0 radical (unpaired) electrons. The minimum absolute atomic E-state index is 0.641. The van der Waals surface area contributed by atoms with Crippen LogP contribution < -0.4 is 5.32 Å². The first-order valence-corrected chi connectivity index (χ1v) is 8.41. The van der Waals surface area contributed by atoms with Crippen molar-refractivity contribution < 1.29 is 0 Å². The van der Waals surface area contributed by atoms with Crippen LogP contribution in [0.25, 0.3) is 0 Å². The Labute approximate surface area is 118 Å². The fraction of sp³-hybridized carbons (Fsp3) is 0.571. The molecule has 0 saturated carbocycles. The maximum Gasteiger partial charge on any atom is 0.0175 e. The van der Waals surface area contributed by atoms with Crippen molar-refractivity contribution in [1.82, 2.24) is 5.32 Å². The highest BCUT2D eigenvalue weighted by atomic mass is 79.9. The fourth-order valence-electron chi connectivity index (χ4n) is 1.83. The Kier molecular flexibility index (Phi) is 7.99. The van der Waals surface area contributed by atoms with Crippen LogP contribution in [0.4, 0.5) is 0 Å². The second-order valence-electron chi connectivity index (χ2n) is 4.23. The zero-order valence-electron chi connectivity index (χ0n) is 10.7. The van der Waals surface area contributed by atoms with Crippen molar-refractivity contribution in [1.29, 1.82) is 0 Å². The first-order valence-electron chi connectivity index (χ1n) is 6.23. The lowest BCUT2D eigenvalue weighted by Gasteiger charge is -2.17. The van der Waals surface area contributed by atoms with E-state index >= 15 is 0 Å². The van der Waals surface area contributed by atoms with Crippen molar-refractivity contribution in [3.05, 3.63) is 34.3 Å². The van der Waals surface area contributed by atoms with Crippen LogP contribution >= 0.6 is 27.7 Å². The third-order valence-corrected chi connectivity index (χ3v) is 4.00. The molecule has 1 atom stereocenters. The van der Waals surface area contributed by atoms with E-state index in [9.17, 15) is 0 Å². The molecule has 1 nitrogen and oxygen atoms in total. The van der Waals surface area contributed by atoms with E-state index in [1.165, 1.54) is 24.2 Å². The molecule has 0 heterocycles. The van der Waals surface area contributed by atoms with Gasteiger partial charge in [0.15, 0.2) is 0 Å². The molecule has 0 aromatic heterocycles. The van der Waals surface area contributed by atoms with Gasteiger partial charge in [0.1, 0.15) is 0 Å². The average molecular weight is 316 g/mol. The Morgan fingerprint density at radius 2 is 2.00 bits per heavy atom. The molecule has 0 bridgehead atoms. The number of halogens is 1. The van der Waals surface area contributed by atoms with Crippen molar-refractivity contribution >= 4 is 27.7 Å². The van der Waals surface area contributed by atoms with Crippen molar-refractivity contribution in [3.8, 4) is 0 Å². The summed E-state index contributed by atoms with van der Waals surface area (Å²) in [6, 6.07) is 8.76. The maximum atomic E-state index is 3.54. The Balaban J connectivity index is 2.57. The predicted molar refractivity (Wildman–Crippen MR) is 83.0 cm³/mol. The van der Waals surface area contributed by atoms with E-state index in [2.05, 4.69) is 58.7 Å². The van der Waals surface area contributed by atoms with E-state index in [1.54, 1.807) is 0 Å². The molecule has 0 aliphatic heterocycles. The quantitative estimate of drug-likeness (QED) is 0.718. The summed E-state index contributed by atoms with van der Waals surface area (Å²) in [6.45, 7) is 4.42. The molecule has 0 fully saturated rings. The maximum absolute atomic E-state index is 3.54. The highest BCUT2D eigenvalue weighted by molar-refractivity contribution is 9.10. The van der Waals surface area contributed by atoms with Gasteiger partial charge in [-0.2, -0.15) is 11.8 Å². The number of thioether (sulfide) groups is 1. The molecular weight excluding hydrogens is 294 g/mol. The molecule has 96 valence electrons. The molecule has 0 aliphatic rings. The van der Waals surface area contributed by atoms with Crippen LogP contribution in [0.5, 0.6) is 0 Å². The van der Waals surface area contributed by atoms with Gasteiger partial charge in [-0.05, 0) is 55.0 Å². The second-order valence-corrected chi connectivity index (χ2v) is 6.14. The summed E-state index contributed by atoms with van der Waals surface area (Å²) in [7, 11) is 0. The number of hydrogen-bond donors (Lipinski definition) is 1. The van der Waals surface area contributed by atoms with Crippen molar-refractivity contribution in [3.63, 3.8) is 0 Å². The molecule has 0 saturated heterocycles. The van der Waals surface area contributed by atoms with Gasteiger partial charge >= 0.3 is 0 Å². The van der Waals surface area contributed by atoms with Gasteiger partial charge in [-0.15, -0.1) is 0 Å². The van der Waals surface area contributed by atoms with Crippen LogP contribution in [0.2, 0.25) is 0 Å². The van der Waals surface area contributed by atoms with E-state index in [-0.39, 0.29) is 0 Å². The lowest BCUT2D eigenvalue weighted by molar-refractivity contribution is 0.570. The summed E-state index contributed by atoms with van der Waals surface area (Å²) in [5, 5.41) is 3.54. The zero-order valence-corrected chi connectivity index (χ0v) is 13.1. The van der Waals surface area contributed by atoms with Crippen LogP contribution in [-0.4, -0.2) is 25.1 Å². The van der Waals surface area contributed by atoms with Gasteiger partial charge in [0.2, 0.25) is 0 Å². The summed E-state index contributed by atoms with van der Waals surface area (Å²) in [5.41, 5.74) is 1.45. The van der Waals surface area contributed by atoms with Gasteiger partial charge < -0.3 is 5.32 Å². The molecule has 1 rings (SSSR count). The summed E-state index contributed by atoms with van der Waals surface area (Å²) < 4.78 is 1.16. The van der Waals surface area contributed by atoms with Gasteiger partial charge in [-0.25, -0.2) is 0 Å². The van der Waals surface area contributed by atoms with Crippen molar-refractivity contribution in [2.24, 2.45) is 0 Å². The Hall–Kier alpha value is 0.01000. The molecule has 1 aromatic rings. The van der Waals surface area contributed by atoms with E-state index in [0.29, 0.717) is 5.92 Å². The Bertz CT molecular complexity index is 300. The van der Waals surface area contributed by atoms with Gasteiger partial charge in [0.25, 0.3) is 0 Å². The number of nitrogens with one attached hydrogen (secondary N) is 1. The highest BCUT2D eigenvalue weighted by Crippen LogP contribution is 2.22.